The van der Waals surface area contributed by atoms with Crippen molar-refractivity contribution >= 4 is 0 Å². The van der Waals surface area contributed by atoms with Gasteiger partial charge in [-0.1, -0.05) is 48.5 Å². The van der Waals surface area contributed by atoms with Crippen molar-refractivity contribution in [2.45, 2.75) is 38.2 Å². The van der Waals surface area contributed by atoms with Crippen molar-refractivity contribution < 1.29 is 5.11 Å². The quantitative estimate of drug-likeness (QED) is 0.849. The van der Waals surface area contributed by atoms with Gasteiger partial charge in [0.1, 0.15) is 0 Å². The number of aliphatic hydroxyl groups excluding tert-OH is 1. The van der Waals surface area contributed by atoms with E-state index in [0.29, 0.717) is 5.92 Å². The molecule has 2 aromatic rings. The third-order valence-corrected chi connectivity index (χ3v) is 4.19. The smallest absolute Gasteiger partial charge is 0.0761 e. The Kier molecular flexibility index (Phi) is 3.39. The molecule has 1 heteroatoms. The zero-order chi connectivity index (χ0) is 13.2. The van der Waals surface area contributed by atoms with Gasteiger partial charge in [0.25, 0.3) is 0 Å². The van der Waals surface area contributed by atoms with Crippen molar-refractivity contribution in [3.8, 4) is 0 Å². The van der Waals surface area contributed by atoms with Gasteiger partial charge in [-0.2, -0.15) is 0 Å². The average Bonchev–Trinajstić information content (AvgIpc) is 2.47. The lowest BCUT2D eigenvalue weighted by molar-refractivity contribution is 0.199. The molecule has 3 rings (SSSR count). The first kappa shape index (κ1) is 12.4. The Balaban J connectivity index is 1.95. The predicted molar refractivity (Wildman–Crippen MR) is 78.3 cm³/mol. The molecule has 1 nitrogen and oxygen atoms in total. The van der Waals surface area contributed by atoms with Crippen LogP contribution >= 0.6 is 0 Å². The highest BCUT2D eigenvalue weighted by molar-refractivity contribution is 5.40. The molecule has 0 bridgehead atoms. The fourth-order valence-corrected chi connectivity index (χ4v) is 3.11. The van der Waals surface area contributed by atoms with Gasteiger partial charge >= 0.3 is 0 Å². The van der Waals surface area contributed by atoms with Gasteiger partial charge in [0.05, 0.1) is 6.10 Å². The minimum Gasteiger partial charge on any atom is -0.389 e. The highest BCUT2D eigenvalue weighted by atomic mass is 16.3. The van der Waals surface area contributed by atoms with Gasteiger partial charge in [0, 0.05) is 5.92 Å². The van der Waals surface area contributed by atoms with Crippen LogP contribution in [-0.4, -0.2) is 5.11 Å². The van der Waals surface area contributed by atoms with Crippen LogP contribution < -0.4 is 0 Å². The van der Waals surface area contributed by atoms with E-state index in [2.05, 4.69) is 48.5 Å². The monoisotopic (exact) mass is 252 g/mol. The maximum Gasteiger partial charge on any atom is 0.0761 e. The highest BCUT2D eigenvalue weighted by Crippen LogP contribution is 2.36. The Morgan fingerprint density at radius 1 is 1.05 bits per heavy atom. The Hall–Kier alpha value is -1.60. The largest absolute Gasteiger partial charge is 0.389 e. The Bertz CT molecular complexity index is 554. The zero-order valence-electron chi connectivity index (χ0n) is 11.3. The number of aryl methyl sites for hydroxylation is 1. The molecule has 2 unspecified atom stereocenters. The van der Waals surface area contributed by atoms with Gasteiger partial charge < -0.3 is 5.11 Å². The first-order valence-corrected chi connectivity index (χ1v) is 7.11. The normalized spacial score (nSPS) is 19.8. The lowest BCUT2D eigenvalue weighted by Gasteiger charge is -2.26. The predicted octanol–water partition coefficient (Wildman–Crippen LogP) is 4.21. The number of hydrogen-bond acceptors (Lipinski definition) is 1. The van der Waals surface area contributed by atoms with Crippen LogP contribution in [0.15, 0.2) is 48.5 Å². The van der Waals surface area contributed by atoms with E-state index in [9.17, 15) is 5.11 Å². The summed E-state index contributed by atoms with van der Waals surface area (Å²) in [7, 11) is 0. The number of rotatable bonds is 2. The fraction of sp³-hybridized carbons (Fsp3) is 0.333. The van der Waals surface area contributed by atoms with Crippen LogP contribution in [0.2, 0.25) is 0 Å². The Morgan fingerprint density at radius 2 is 1.79 bits per heavy atom. The standard InChI is InChI=1S/C18H20O/c1-13(19)14-9-11-16(12-10-14)18-8-4-6-15-5-2-3-7-17(15)18/h2-3,5,7,9-13,18-19H,4,6,8H2,1H3. The fourth-order valence-electron chi connectivity index (χ4n) is 3.11. The minimum absolute atomic E-state index is 0.382. The van der Waals surface area contributed by atoms with Gasteiger partial charge in [0.2, 0.25) is 0 Å². The van der Waals surface area contributed by atoms with Crippen molar-refractivity contribution in [3.63, 3.8) is 0 Å². The molecule has 1 aliphatic rings. The molecule has 19 heavy (non-hydrogen) atoms. The number of benzene rings is 2. The molecule has 1 aliphatic carbocycles. The molecule has 0 saturated carbocycles. The third-order valence-electron chi connectivity index (χ3n) is 4.19. The van der Waals surface area contributed by atoms with Crippen molar-refractivity contribution in [2.75, 3.05) is 0 Å². The third kappa shape index (κ3) is 2.43. The molecular formula is C18H20O. The molecule has 2 aromatic carbocycles. The maximum atomic E-state index is 9.58. The van der Waals surface area contributed by atoms with E-state index in [1.165, 1.54) is 36.0 Å². The summed E-state index contributed by atoms with van der Waals surface area (Å²) in [6.07, 6.45) is 3.32. The van der Waals surface area contributed by atoms with Gasteiger partial charge in [-0.3, -0.25) is 0 Å². The molecule has 0 heterocycles. The number of aliphatic hydroxyl groups is 1. The molecule has 0 fully saturated rings. The van der Waals surface area contributed by atoms with Crippen LogP contribution in [0.5, 0.6) is 0 Å². The van der Waals surface area contributed by atoms with Crippen molar-refractivity contribution in [2.24, 2.45) is 0 Å². The highest BCUT2D eigenvalue weighted by Gasteiger charge is 2.21. The molecule has 0 aromatic heterocycles. The average molecular weight is 252 g/mol. The van der Waals surface area contributed by atoms with Gasteiger partial charge in [0.15, 0.2) is 0 Å². The van der Waals surface area contributed by atoms with E-state index < -0.39 is 0 Å². The summed E-state index contributed by atoms with van der Waals surface area (Å²) in [5.41, 5.74) is 5.35. The van der Waals surface area contributed by atoms with Crippen LogP contribution in [0.1, 0.15) is 54.0 Å². The Morgan fingerprint density at radius 3 is 2.53 bits per heavy atom. The van der Waals surface area contributed by atoms with Crippen LogP contribution in [0.25, 0.3) is 0 Å². The van der Waals surface area contributed by atoms with Crippen LogP contribution in [-0.2, 0) is 6.42 Å². The molecule has 0 radical (unpaired) electrons. The first-order valence-electron chi connectivity index (χ1n) is 7.11. The first-order chi connectivity index (χ1) is 9.25. The summed E-state index contributed by atoms with van der Waals surface area (Å²) in [5.74, 6) is 0.521. The van der Waals surface area contributed by atoms with E-state index in [0.717, 1.165) is 5.56 Å². The van der Waals surface area contributed by atoms with Gasteiger partial charge in [-0.05, 0) is 48.4 Å². The van der Waals surface area contributed by atoms with Crippen molar-refractivity contribution in [1.29, 1.82) is 0 Å². The summed E-state index contributed by atoms with van der Waals surface area (Å²) in [6, 6.07) is 17.3. The molecule has 2 atom stereocenters. The number of fused-ring (bicyclic) bond motifs is 1. The lowest BCUT2D eigenvalue weighted by Crippen LogP contribution is -2.10. The van der Waals surface area contributed by atoms with Crippen molar-refractivity contribution in [3.05, 3.63) is 70.8 Å². The summed E-state index contributed by atoms with van der Waals surface area (Å²) in [6.45, 7) is 1.81. The second-order valence-corrected chi connectivity index (χ2v) is 5.49. The zero-order valence-corrected chi connectivity index (χ0v) is 11.3. The van der Waals surface area contributed by atoms with Gasteiger partial charge in [-0.15, -0.1) is 0 Å². The summed E-state index contributed by atoms with van der Waals surface area (Å²) >= 11 is 0. The van der Waals surface area contributed by atoms with Crippen LogP contribution in [0, 0.1) is 0 Å². The van der Waals surface area contributed by atoms with E-state index in [-0.39, 0.29) is 6.10 Å². The molecule has 1 N–H and O–H groups in total. The van der Waals surface area contributed by atoms with E-state index >= 15 is 0 Å². The van der Waals surface area contributed by atoms with E-state index in [1.54, 1.807) is 0 Å². The van der Waals surface area contributed by atoms with Gasteiger partial charge in [-0.25, -0.2) is 0 Å². The Labute approximate surface area is 114 Å². The molecule has 0 aliphatic heterocycles. The van der Waals surface area contributed by atoms with Crippen LogP contribution in [0.3, 0.4) is 0 Å². The minimum atomic E-state index is -0.382. The molecule has 98 valence electrons. The second kappa shape index (κ2) is 5.18. The summed E-state index contributed by atoms with van der Waals surface area (Å²) in [4.78, 5) is 0. The maximum absolute atomic E-state index is 9.58. The summed E-state index contributed by atoms with van der Waals surface area (Å²) in [5, 5.41) is 9.58. The van der Waals surface area contributed by atoms with Crippen LogP contribution in [0.4, 0.5) is 0 Å². The molecule has 0 spiro atoms. The molecule has 0 amide bonds. The lowest BCUT2D eigenvalue weighted by atomic mass is 9.79. The van der Waals surface area contributed by atoms with Crippen molar-refractivity contribution in [1.82, 2.24) is 0 Å². The SMILES string of the molecule is CC(O)c1ccc(C2CCCc3ccccc32)cc1. The van der Waals surface area contributed by atoms with E-state index in [1.807, 2.05) is 6.92 Å². The summed E-state index contributed by atoms with van der Waals surface area (Å²) < 4.78 is 0. The molecular weight excluding hydrogens is 232 g/mol. The van der Waals surface area contributed by atoms with E-state index in [4.69, 9.17) is 0 Å². The number of hydrogen-bond donors (Lipinski definition) is 1. The molecule has 0 saturated heterocycles. The topological polar surface area (TPSA) is 20.2 Å². The second-order valence-electron chi connectivity index (χ2n) is 5.49.